The highest BCUT2D eigenvalue weighted by Gasteiger charge is 2.43. The van der Waals surface area contributed by atoms with Crippen molar-refractivity contribution in [1.29, 1.82) is 0 Å². The SMILES string of the molecule is CCO[Si](OCC)(OCCN(C)C)c1ccccc1. The molecule has 1 aromatic carbocycles. The summed E-state index contributed by atoms with van der Waals surface area (Å²) in [7, 11) is 1.28. The van der Waals surface area contributed by atoms with Crippen molar-refractivity contribution in [1.82, 2.24) is 4.90 Å². The molecule has 108 valence electrons. The van der Waals surface area contributed by atoms with Gasteiger partial charge in [-0.15, -0.1) is 0 Å². The summed E-state index contributed by atoms with van der Waals surface area (Å²) in [6, 6.07) is 10.0. The molecule has 0 aliphatic rings. The molecule has 1 aromatic rings. The third kappa shape index (κ3) is 5.04. The minimum absolute atomic E-state index is 0.586. The van der Waals surface area contributed by atoms with Gasteiger partial charge in [0.25, 0.3) is 0 Å². The monoisotopic (exact) mass is 283 g/mol. The molecule has 0 unspecified atom stereocenters. The number of benzene rings is 1. The van der Waals surface area contributed by atoms with Gasteiger partial charge in [0.1, 0.15) is 0 Å². The molecule has 0 amide bonds. The Hall–Kier alpha value is -0.723. The molecule has 0 bridgehead atoms. The van der Waals surface area contributed by atoms with E-state index in [1.54, 1.807) is 0 Å². The Bertz CT molecular complexity index is 340. The molecule has 5 heteroatoms. The molecule has 0 aromatic heterocycles. The molecule has 4 nitrogen and oxygen atoms in total. The summed E-state index contributed by atoms with van der Waals surface area (Å²) < 4.78 is 17.9. The lowest BCUT2D eigenvalue weighted by atomic mass is 10.4. The third-order valence-electron chi connectivity index (χ3n) is 2.63. The summed E-state index contributed by atoms with van der Waals surface area (Å²) in [6.07, 6.45) is 0. The minimum atomic E-state index is -2.77. The number of hydrogen-bond acceptors (Lipinski definition) is 4. The molecule has 0 aliphatic heterocycles. The number of nitrogens with zero attached hydrogens (tertiary/aromatic N) is 1. The van der Waals surface area contributed by atoms with E-state index in [4.69, 9.17) is 13.3 Å². The van der Waals surface area contributed by atoms with Crippen LogP contribution in [-0.2, 0) is 13.3 Å². The normalized spacial score (nSPS) is 12.1. The molecular formula is C14H25NO3Si. The summed E-state index contributed by atoms with van der Waals surface area (Å²) in [6.45, 7) is 6.57. The van der Waals surface area contributed by atoms with E-state index in [2.05, 4.69) is 4.90 Å². The van der Waals surface area contributed by atoms with Crippen molar-refractivity contribution in [3.05, 3.63) is 30.3 Å². The van der Waals surface area contributed by atoms with Crippen molar-refractivity contribution in [2.24, 2.45) is 0 Å². The van der Waals surface area contributed by atoms with Gasteiger partial charge in [0, 0.05) is 24.9 Å². The number of rotatable bonds is 9. The Morgan fingerprint density at radius 3 is 2.00 bits per heavy atom. The van der Waals surface area contributed by atoms with Crippen LogP contribution in [0.5, 0.6) is 0 Å². The van der Waals surface area contributed by atoms with Crippen molar-refractivity contribution in [3.8, 4) is 0 Å². The molecule has 0 N–H and O–H groups in total. The van der Waals surface area contributed by atoms with Crippen molar-refractivity contribution in [3.63, 3.8) is 0 Å². The zero-order chi connectivity index (χ0) is 14.1. The number of likely N-dealkylation sites (N-methyl/N-ethyl adjacent to an activating group) is 1. The molecule has 0 heterocycles. The third-order valence-corrected chi connectivity index (χ3v) is 5.59. The zero-order valence-electron chi connectivity index (χ0n) is 12.4. The van der Waals surface area contributed by atoms with Gasteiger partial charge >= 0.3 is 8.80 Å². The van der Waals surface area contributed by atoms with Crippen LogP contribution in [0.4, 0.5) is 0 Å². The Labute approximate surface area is 117 Å². The van der Waals surface area contributed by atoms with E-state index in [0.717, 1.165) is 11.7 Å². The molecule has 0 radical (unpaired) electrons. The lowest BCUT2D eigenvalue weighted by Gasteiger charge is -2.29. The maximum atomic E-state index is 6.06. The summed E-state index contributed by atoms with van der Waals surface area (Å²) in [5.74, 6) is 0. The first-order chi connectivity index (χ1) is 9.14. The Morgan fingerprint density at radius 2 is 1.53 bits per heavy atom. The average Bonchev–Trinajstić information content (AvgIpc) is 2.39. The van der Waals surface area contributed by atoms with E-state index < -0.39 is 8.80 Å². The highest BCUT2D eigenvalue weighted by atomic mass is 28.4. The van der Waals surface area contributed by atoms with Crippen LogP contribution in [0.25, 0.3) is 0 Å². The van der Waals surface area contributed by atoms with Crippen molar-refractivity contribution >= 4 is 14.0 Å². The van der Waals surface area contributed by atoms with Crippen LogP contribution in [0.1, 0.15) is 13.8 Å². The Kier molecular flexibility index (Phi) is 7.26. The topological polar surface area (TPSA) is 30.9 Å². The Balaban J connectivity index is 2.86. The van der Waals surface area contributed by atoms with Crippen molar-refractivity contribution < 1.29 is 13.3 Å². The fraction of sp³-hybridized carbons (Fsp3) is 0.571. The smallest absolute Gasteiger partial charge is 0.370 e. The molecule has 1 rings (SSSR count). The summed E-state index contributed by atoms with van der Waals surface area (Å²) in [5, 5.41) is 1.03. The molecular weight excluding hydrogens is 258 g/mol. The van der Waals surface area contributed by atoms with E-state index in [9.17, 15) is 0 Å². The van der Waals surface area contributed by atoms with Gasteiger partial charge in [0.2, 0.25) is 0 Å². The van der Waals surface area contributed by atoms with E-state index in [1.807, 2.05) is 58.3 Å². The van der Waals surface area contributed by atoms with Crippen LogP contribution in [0.2, 0.25) is 0 Å². The van der Waals surface area contributed by atoms with Gasteiger partial charge in [-0.1, -0.05) is 30.3 Å². The molecule has 19 heavy (non-hydrogen) atoms. The van der Waals surface area contributed by atoms with Crippen molar-refractivity contribution in [2.45, 2.75) is 13.8 Å². The number of hydrogen-bond donors (Lipinski definition) is 0. The predicted octanol–water partition coefficient (Wildman–Crippen LogP) is 1.48. The van der Waals surface area contributed by atoms with Crippen LogP contribution in [0.15, 0.2) is 30.3 Å². The predicted molar refractivity (Wildman–Crippen MR) is 79.6 cm³/mol. The van der Waals surface area contributed by atoms with E-state index in [-0.39, 0.29) is 0 Å². The molecule has 0 spiro atoms. The van der Waals surface area contributed by atoms with Crippen LogP contribution < -0.4 is 5.19 Å². The van der Waals surface area contributed by atoms with Gasteiger partial charge in [-0.05, 0) is 27.9 Å². The second kappa shape index (κ2) is 8.45. The largest absolute Gasteiger partial charge is 0.537 e. The lowest BCUT2D eigenvalue weighted by Crippen LogP contribution is -2.57. The zero-order valence-corrected chi connectivity index (χ0v) is 13.4. The molecule has 0 fully saturated rings. The van der Waals surface area contributed by atoms with Gasteiger partial charge in [-0.25, -0.2) is 0 Å². The van der Waals surface area contributed by atoms with Crippen LogP contribution in [0.3, 0.4) is 0 Å². The Morgan fingerprint density at radius 1 is 0.947 bits per heavy atom. The average molecular weight is 283 g/mol. The molecule has 0 atom stereocenters. The summed E-state index contributed by atoms with van der Waals surface area (Å²) in [5.41, 5.74) is 0. The highest BCUT2D eigenvalue weighted by Crippen LogP contribution is 2.10. The van der Waals surface area contributed by atoms with Crippen LogP contribution in [-0.4, -0.2) is 54.2 Å². The standard InChI is InChI=1S/C14H25NO3Si/c1-5-16-19(17-6-2,18-13-12-15(3)4)14-10-8-7-9-11-14/h7-11H,5-6,12-13H2,1-4H3. The minimum Gasteiger partial charge on any atom is -0.370 e. The molecule has 0 aliphatic carbocycles. The van der Waals surface area contributed by atoms with Crippen LogP contribution >= 0.6 is 0 Å². The van der Waals surface area contributed by atoms with Crippen LogP contribution in [0, 0.1) is 0 Å². The van der Waals surface area contributed by atoms with Crippen molar-refractivity contribution in [2.75, 3.05) is 40.5 Å². The summed E-state index contributed by atoms with van der Waals surface area (Å²) >= 11 is 0. The van der Waals surface area contributed by atoms with E-state index >= 15 is 0 Å². The van der Waals surface area contributed by atoms with E-state index in [1.165, 1.54) is 0 Å². The molecule has 0 saturated heterocycles. The van der Waals surface area contributed by atoms with E-state index in [0.29, 0.717) is 19.8 Å². The van der Waals surface area contributed by atoms with Gasteiger partial charge in [0.15, 0.2) is 0 Å². The fourth-order valence-electron chi connectivity index (χ4n) is 1.76. The first-order valence-corrected chi connectivity index (χ1v) is 8.49. The fourth-order valence-corrected chi connectivity index (χ4v) is 4.23. The maximum absolute atomic E-state index is 6.06. The van der Waals surface area contributed by atoms with Gasteiger partial charge in [-0.3, -0.25) is 0 Å². The second-order valence-electron chi connectivity index (χ2n) is 4.44. The van der Waals surface area contributed by atoms with Gasteiger partial charge < -0.3 is 18.2 Å². The molecule has 0 saturated carbocycles. The summed E-state index contributed by atoms with van der Waals surface area (Å²) in [4.78, 5) is 2.09. The maximum Gasteiger partial charge on any atom is 0.537 e. The highest BCUT2D eigenvalue weighted by molar-refractivity contribution is 6.75. The first kappa shape index (κ1) is 16.3. The first-order valence-electron chi connectivity index (χ1n) is 6.76. The van der Waals surface area contributed by atoms with Gasteiger partial charge in [-0.2, -0.15) is 0 Å². The lowest BCUT2D eigenvalue weighted by molar-refractivity contribution is 0.0761. The van der Waals surface area contributed by atoms with Gasteiger partial charge in [0.05, 0.1) is 6.61 Å². The quantitative estimate of drug-likeness (QED) is 0.643. The second-order valence-corrected chi connectivity index (χ2v) is 7.00.